The molecule has 2 N–H and O–H groups in total. The SMILES string of the molecule is CCC1C[C@H](C(=O)N2CCCC(O)C2)[C@H](C(=O)O)C1. The number of carboxylic acid groups (broad SMARTS) is 1. The van der Waals surface area contributed by atoms with E-state index in [2.05, 4.69) is 0 Å². The fourth-order valence-electron chi connectivity index (χ4n) is 3.41. The summed E-state index contributed by atoms with van der Waals surface area (Å²) >= 11 is 0. The molecule has 0 spiro atoms. The molecule has 2 aliphatic rings. The number of hydrogen-bond acceptors (Lipinski definition) is 3. The van der Waals surface area contributed by atoms with Crippen molar-refractivity contribution in [3.05, 3.63) is 0 Å². The van der Waals surface area contributed by atoms with Gasteiger partial charge in [-0.1, -0.05) is 13.3 Å². The van der Waals surface area contributed by atoms with Gasteiger partial charge in [0.25, 0.3) is 0 Å². The van der Waals surface area contributed by atoms with Gasteiger partial charge in [-0.05, 0) is 31.6 Å². The lowest BCUT2D eigenvalue weighted by Crippen LogP contribution is -2.46. The van der Waals surface area contributed by atoms with Crippen LogP contribution in [0.1, 0.15) is 39.0 Å². The van der Waals surface area contributed by atoms with E-state index >= 15 is 0 Å². The van der Waals surface area contributed by atoms with Crippen LogP contribution in [-0.4, -0.2) is 46.2 Å². The largest absolute Gasteiger partial charge is 0.481 e. The maximum Gasteiger partial charge on any atom is 0.307 e. The number of nitrogens with zero attached hydrogens (tertiary/aromatic N) is 1. The van der Waals surface area contributed by atoms with E-state index in [1.54, 1.807) is 4.90 Å². The molecule has 4 atom stereocenters. The summed E-state index contributed by atoms with van der Waals surface area (Å²) in [5, 5.41) is 18.9. The van der Waals surface area contributed by atoms with Crippen molar-refractivity contribution in [3.8, 4) is 0 Å². The first-order valence-corrected chi connectivity index (χ1v) is 7.22. The molecule has 0 radical (unpaired) electrons. The number of β-amino-alcohol motifs (C(OH)–C–C–N with tert-alkyl or cyclic N) is 1. The summed E-state index contributed by atoms with van der Waals surface area (Å²) in [6.07, 6.45) is 3.29. The normalized spacial score (nSPS) is 35.4. The standard InChI is InChI=1S/C14H23NO4/c1-2-9-6-11(12(7-9)14(18)19)13(17)15-5-3-4-10(16)8-15/h9-12,16H,2-8H2,1H3,(H,18,19)/t9?,10?,11-,12+/m0/s1. The number of likely N-dealkylation sites (tertiary alicyclic amines) is 1. The van der Waals surface area contributed by atoms with Crippen molar-refractivity contribution in [2.75, 3.05) is 13.1 Å². The van der Waals surface area contributed by atoms with Crippen molar-refractivity contribution in [1.82, 2.24) is 4.90 Å². The Bertz CT molecular complexity index is 357. The fraction of sp³-hybridized carbons (Fsp3) is 0.857. The Morgan fingerprint density at radius 2 is 1.95 bits per heavy atom. The van der Waals surface area contributed by atoms with Crippen LogP contribution >= 0.6 is 0 Å². The molecule has 1 saturated heterocycles. The number of piperidine rings is 1. The van der Waals surface area contributed by atoms with E-state index in [0.717, 1.165) is 19.3 Å². The van der Waals surface area contributed by atoms with Gasteiger partial charge in [0.2, 0.25) is 5.91 Å². The highest BCUT2D eigenvalue weighted by Gasteiger charge is 2.44. The van der Waals surface area contributed by atoms with Crippen molar-refractivity contribution >= 4 is 11.9 Å². The number of rotatable bonds is 3. The molecule has 0 aromatic heterocycles. The second-order valence-corrected chi connectivity index (χ2v) is 5.88. The van der Waals surface area contributed by atoms with Crippen LogP contribution in [0.5, 0.6) is 0 Å². The zero-order valence-corrected chi connectivity index (χ0v) is 11.4. The number of amides is 1. The van der Waals surface area contributed by atoms with E-state index in [-0.39, 0.29) is 5.91 Å². The molecule has 2 fully saturated rings. The first-order chi connectivity index (χ1) is 9.02. The van der Waals surface area contributed by atoms with Crippen LogP contribution in [0.25, 0.3) is 0 Å². The molecule has 0 aromatic carbocycles. The van der Waals surface area contributed by atoms with E-state index < -0.39 is 23.9 Å². The Morgan fingerprint density at radius 1 is 1.26 bits per heavy atom. The molecule has 1 heterocycles. The number of aliphatic hydroxyl groups excluding tert-OH is 1. The van der Waals surface area contributed by atoms with Crippen LogP contribution in [-0.2, 0) is 9.59 Å². The number of hydrogen-bond donors (Lipinski definition) is 2. The molecule has 1 aliphatic heterocycles. The number of carbonyl (C=O) groups excluding carboxylic acids is 1. The van der Waals surface area contributed by atoms with Gasteiger partial charge in [-0.2, -0.15) is 0 Å². The molecular weight excluding hydrogens is 246 g/mol. The molecule has 1 amide bonds. The van der Waals surface area contributed by atoms with E-state index in [9.17, 15) is 19.8 Å². The average Bonchev–Trinajstić information content (AvgIpc) is 2.82. The topological polar surface area (TPSA) is 77.8 Å². The second-order valence-electron chi connectivity index (χ2n) is 5.88. The van der Waals surface area contributed by atoms with Gasteiger partial charge in [-0.3, -0.25) is 9.59 Å². The molecule has 1 aliphatic carbocycles. The van der Waals surface area contributed by atoms with Crippen molar-refractivity contribution in [3.63, 3.8) is 0 Å². The number of aliphatic hydroxyl groups is 1. The molecule has 108 valence electrons. The Labute approximate surface area is 113 Å². The summed E-state index contributed by atoms with van der Waals surface area (Å²) in [4.78, 5) is 25.4. The number of carbonyl (C=O) groups is 2. The Hall–Kier alpha value is -1.10. The summed E-state index contributed by atoms with van der Waals surface area (Å²) in [6, 6.07) is 0. The maximum absolute atomic E-state index is 12.5. The summed E-state index contributed by atoms with van der Waals surface area (Å²) in [6.45, 7) is 3.05. The zero-order valence-electron chi connectivity index (χ0n) is 11.4. The quantitative estimate of drug-likeness (QED) is 0.804. The van der Waals surface area contributed by atoms with Crippen molar-refractivity contribution in [2.45, 2.75) is 45.1 Å². The molecule has 19 heavy (non-hydrogen) atoms. The van der Waals surface area contributed by atoms with Gasteiger partial charge in [0.1, 0.15) is 0 Å². The van der Waals surface area contributed by atoms with Gasteiger partial charge in [-0.15, -0.1) is 0 Å². The average molecular weight is 269 g/mol. The molecule has 0 bridgehead atoms. The lowest BCUT2D eigenvalue weighted by atomic mass is 9.93. The van der Waals surface area contributed by atoms with Crippen molar-refractivity contribution < 1.29 is 19.8 Å². The van der Waals surface area contributed by atoms with E-state index in [0.29, 0.717) is 31.8 Å². The van der Waals surface area contributed by atoms with E-state index in [1.807, 2.05) is 6.92 Å². The highest BCUT2D eigenvalue weighted by molar-refractivity contribution is 5.85. The lowest BCUT2D eigenvalue weighted by molar-refractivity contribution is -0.150. The van der Waals surface area contributed by atoms with Crippen molar-refractivity contribution in [1.29, 1.82) is 0 Å². The molecule has 5 nitrogen and oxygen atoms in total. The van der Waals surface area contributed by atoms with Crippen LogP contribution < -0.4 is 0 Å². The van der Waals surface area contributed by atoms with Gasteiger partial charge in [0, 0.05) is 13.1 Å². The highest BCUT2D eigenvalue weighted by Crippen LogP contribution is 2.39. The minimum atomic E-state index is -0.855. The summed E-state index contributed by atoms with van der Waals surface area (Å²) in [5.74, 6) is -1.53. The minimum Gasteiger partial charge on any atom is -0.481 e. The fourth-order valence-corrected chi connectivity index (χ4v) is 3.41. The van der Waals surface area contributed by atoms with Gasteiger partial charge >= 0.3 is 5.97 Å². The molecule has 2 rings (SSSR count). The smallest absolute Gasteiger partial charge is 0.307 e. The Morgan fingerprint density at radius 3 is 2.53 bits per heavy atom. The second kappa shape index (κ2) is 5.90. The third-order valence-corrected chi connectivity index (χ3v) is 4.58. The van der Waals surface area contributed by atoms with Gasteiger partial charge in [-0.25, -0.2) is 0 Å². The molecule has 5 heteroatoms. The number of aliphatic carboxylic acids is 1. The van der Waals surface area contributed by atoms with Crippen LogP contribution in [0, 0.1) is 17.8 Å². The summed E-state index contributed by atoms with van der Waals surface area (Å²) < 4.78 is 0. The monoisotopic (exact) mass is 269 g/mol. The molecule has 0 aromatic rings. The molecule has 1 saturated carbocycles. The Balaban J connectivity index is 2.05. The lowest BCUT2D eigenvalue weighted by Gasteiger charge is -2.33. The zero-order chi connectivity index (χ0) is 14.0. The minimum absolute atomic E-state index is 0.0675. The Kier molecular flexibility index (Phi) is 4.45. The third-order valence-electron chi connectivity index (χ3n) is 4.58. The van der Waals surface area contributed by atoms with Crippen molar-refractivity contribution in [2.24, 2.45) is 17.8 Å². The van der Waals surface area contributed by atoms with Crippen LogP contribution in [0.4, 0.5) is 0 Å². The summed E-state index contributed by atoms with van der Waals surface area (Å²) in [5.41, 5.74) is 0. The maximum atomic E-state index is 12.5. The van der Waals surface area contributed by atoms with Crippen LogP contribution in [0.2, 0.25) is 0 Å². The highest BCUT2D eigenvalue weighted by atomic mass is 16.4. The van der Waals surface area contributed by atoms with Crippen LogP contribution in [0.3, 0.4) is 0 Å². The molecular formula is C14H23NO4. The van der Waals surface area contributed by atoms with Crippen LogP contribution in [0.15, 0.2) is 0 Å². The van der Waals surface area contributed by atoms with E-state index in [4.69, 9.17) is 0 Å². The predicted octanol–water partition coefficient (Wildman–Crippen LogP) is 1.11. The van der Waals surface area contributed by atoms with Gasteiger partial charge in [0.05, 0.1) is 17.9 Å². The molecule has 2 unspecified atom stereocenters. The van der Waals surface area contributed by atoms with Gasteiger partial charge in [0.15, 0.2) is 0 Å². The van der Waals surface area contributed by atoms with E-state index in [1.165, 1.54) is 0 Å². The predicted molar refractivity (Wildman–Crippen MR) is 69.5 cm³/mol. The van der Waals surface area contributed by atoms with Gasteiger partial charge < -0.3 is 15.1 Å². The third kappa shape index (κ3) is 3.08. The summed E-state index contributed by atoms with van der Waals surface area (Å²) in [7, 11) is 0. The first kappa shape index (κ1) is 14.3. The number of carboxylic acids is 1. The first-order valence-electron chi connectivity index (χ1n) is 7.22.